The molecule has 2 aromatic carbocycles. The fraction of sp³-hybridized carbons (Fsp3) is 0.222. The van der Waals surface area contributed by atoms with Crippen LogP contribution in [0.4, 0.5) is 0 Å². The van der Waals surface area contributed by atoms with Crippen molar-refractivity contribution in [2.75, 3.05) is 20.8 Å². The molecule has 0 aliphatic carbocycles. The first kappa shape index (κ1) is 24.6. The number of benzene rings is 2. The van der Waals surface area contributed by atoms with Gasteiger partial charge in [-0.2, -0.15) is 0 Å². The number of carbonyl (C=O) groups excluding carboxylic acids is 2. The summed E-state index contributed by atoms with van der Waals surface area (Å²) in [7, 11) is 3.11. The Labute approximate surface area is 208 Å². The smallest absolute Gasteiger partial charge is 0.276 e. The molecule has 2 heterocycles. The zero-order chi connectivity index (χ0) is 25.3. The number of amides is 2. The highest BCUT2D eigenvalue weighted by atomic mass is 16.5. The van der Waals surface area contributed by atoms with Crippen molar-refractivity contribution in [2.45, 2.75) is 19.5 Å². The number of furan rings is 1. The van der Waals surface area contributed by atoms with Crippen LogP contribution in [0.3, 0.4) is 0 Å². The van der Waals surface area contributed by atoms with E-state index in [1.54, 1.807) is 61.8 Å². The van der Waals surface area contributed by atoms with Crippen molar-refractivity contribution in [1.82, 2.24) is 15.4 Å². The molecule has 2 amide bonds. The van der Waals surface area contributed by atoms with Crippen LogP contribution in [0.25, 0.3) is 11.3 Å². The summed E-state index contributed by atoms with van der Waals surface area (Å²) in [6, 6.07) is 19.9. The van der Waals surface area contributed by atoms with E-state index in [0.29, 0.717) is 35.1 Å². The van der Waals surface area contributed by atoms with Gasteiger partial charge in [0.05, 0.1) is 32.6 Å². The molecule has 9 nitrogen and oxygen atoms in total. The highest BCUT2D eigenvalue weighted by Crippen LogP contribution is 2.34. The van der Waals surface area contributed by atoms with Crippen LogP contribution in [0.5, 0.6) is 11.5 Å². The van der Waals surface area contributed by atoms with Crippen LogP contribution >= 0.6 is 0 Å². The normalized spacial score (nSPS) is 10.6. The van der Waals surface area contributed by atoms with Crippen LogP contribution in [0.1, 0.15) is 28.2 Å². The van der Waals surface area contributed by atoms with Gasteiger partial charge in [0.1, 0.15) is 17.3 Å². The molecule has 1 N–H and O–H groups in total. The summed E-state index contributed by atoms with van der Waals surface area (Å²) in [6.45, 7) is 0.797. The van der Waals surface area contributed by atoms with Crippen molar-refractivity contribution in [3.8, 4) is 22.8 Å². The summed E-state index contributed by atoms with van der Waals surface area (Å²) in [4.78, 5) is 27.4. The number of rotatable bonds is 11. The average molecular weight is 490 g/mol. The van der Waals surface area contributed by atoms with Gasteiger partial charge >= 0.3 is 0 Å². The van der Waals surface area contributed by atoms with Crippen LogP contribution in [0, 0.1) is 0 Å². The molecule has 4 aromatic rings. The minimum atomic E-state index is -0.352. The lowest BCUT2D eigenvalue weighted by Gasteiger charge is -2.21. The third-order valence-electron chi connectivity index (χ3n) is 5.55. The largest absolute Gasteiger partial charge is 0.497 e. The first-order chi connectivity index (χ1) is 17.6. The van der Waals surface area contributed by atoms with Crippen molar-refractivity contribution in [1.29, 1.82) is 0 Å². The van der Waals surface area contributed by atoms with Crippen LogP contribution in [-0.2, 0) is 17.9 Å². The molecule has 0 bridgehead atoms. The molecule has 0 saturated heterocycles. The maximum atomic E-state index is 13.4. The highest BCUT2D eigenvalue weighted by molar-refractivity contribution is 5.93. The number of hydrogen-bond acceptors (Lipinski definition) is 7. The Hall–Kier alpha value is -4.53. The second kappa shape index (κ2) is 11.7. The minimum absolute atomic E-state index is 0.119. The van der Waals surface area contributed by atoms with Crippen molar-refractivity contribution in [3.05, 3.63) is 90.0 Å². The fourth-order valence-corrected chi connectivity index (χ4v) is 3.65. The molecule has 0 aliphatic rings. The highest BCUT2D eigenvalue weighted by Gasteiger charge is 2.23. The predicted molar refractivity (Wildman–Crippen MR) is 131 cm³/mol. The molecule has 2 aromatic heterocycles. The van der Waals surface area contributed by atoms with Gasteiger partial charge in [-0.1, -0.05) is 35.5 Å². The van der Waals surface area contributed by atoms with Crippen molar-refractivity contribution >= 4 is 11.8 Å². The number of hydrogen-bond donors (Lipinski definition) is 1. The first-order valence-corrected chi connectivity index (χ1v) is 11.4. The standard InChI is InChI=1S/C27H27N3O6/c1-33-20-10-11-24(34-2)22(15-20)25-16-23(29-36-25)27(32)30(18-19-7-4-3-5-8-19)13-12-26(31)28-17-21-9-6-14-35-21/h3-11,14-16H,12-13,17-18H2,1-2H3,(H,28,31). The summed E-state index contributed by atoms with van der Waals surface area (Å²) in [5.41, 5.74) is 1.66. The Morgan fingerprint density at radius 3 is 2.56 bits per heavy atom. The van der Waals surface area contributed by atoms with Crippen molar-refractivity contribution in [2.24, 2.45) is 0 Å². The number of ether oxygens (including phenoxy) is 2. The third-order valence-corrected chi connectivity index (χ3v) is 5.55. The van der Waals surface area contributed by atoms with Crippen LogP contribution < -0.4 is 14.8 Å². The van der Waals surface area contributed by atoms with E-state index in [-0.39, 0.29) is 37.0 Å². The van der Waals surface area contributed by atoms with Gasteiger partial charge in [0.25, 0.3) is 5.91 Å². The van der Waals surface area contributed by atoms with Crippen LogP contribution in [0.2, 0.25) is 0 Å². The van der Waals surface area contributed by atoms with E-state index in [0.717, 1.165) is 5.56 Å². The lowest BCUT2D eigenvalue weighted by atomic mass is 10.1. The van der Waals surface area contributed by atoms with Gasteiger partial charge in [-0.15, -0.1) is 0 Å². The molecule has 0 radical (unpaired) electrons. The molecule has 0 spiro atoms. The monoisotopic (exact) mass is 489 g/mol. The van der Waals surface area contributed by atoms with E-state index >= 15 is 0 Å². The van der Waals surface area contributed by atoms with Gasteiger partial charge in [0.2, 0.25) is 5.91 Å². The number of nitrogens with zero attached hydrogens (tertiary/aromatic N) is 2. The maximum Gasteiger partial charge on any atom is 0.276 e. The predicted octanol–water partition coefficient (Wildman–Crippen LogP) is 4.30. The molecule has 0 aliphatic heterocycles. The number of carbonyl (C=O) groups is 2. The van der Waals surface area contributed by atoms with Gasteiger partial charge in [-0.25, -0.2) is 0 Å². The van der Waals surface area contributed by atoms with E-state index in [2.05, 4.69) is 10.5 Å². The second-order valence-corrected chi connectivity index (χ2v) is 7.96. The Kier molecular flexibility index (Phi) is 8.02. The van der Waals surface area contributed by atoms with Crippen LogP contribution in [-0.4, -0.2) is 42.6 Å². The zero-order valence-electron chi connectivity index (χ0n) is 20.1. The average Bonchev–Trinajstić information content (AvgIpc) is 3.62. The lowest BCUT2D eigenvalue weighted by molar-refractivity contribution is -0.121. The molecule has 36 heavy (non-hydrogen) atoms. The molecule has 186 valence electrons. The molecule has 0 saturated carbocycles. The molecule has 0 unspecified atom stereocenters. The number of methoxy groups -OCH3 is 2. The molecule has 0 atom stereocenters. The third kappa shape index (κ3) is 6.12. The molecular formula is C27H27N3O6. The van der Waals surface area contributed by atoms with Crippen molar-refractivity contribution in [3.63, 3.8) is 0 Å². The van der Waals surface area contributed by atoms with Gasteiger partial charge in [-0.05, 0) is 35.9 Å². The summed E-state index contributed by atoms with van der Waals surface area (Å²) in [5, 5.41) is 6.81. The summed E-state index contributed by atoms with van der Waals surface area (Å²) >= 11 is 0. The minimum Gasteiger partial charge on any atom is -0.497 e. The maximum absolute atomic E-state index is 13.4. The van der Waals surface area contributed by atoms with Gasteiger partial charge < -0.3 is 28.6 Å². The van der Waals surface area contributed by atoms with Gasteiger partial charge in [0, 0.05) is 25.6 Å². The van der Waals surface area contributed by atoms with Gasteiger partial charge in [0.15, 0.2) is 11.5 Å². The Balaban J connectivity index is 1.50. The summed E-state index contributed by atoms with van der Waals surface area (Å²) < 4.78 is 21.5. The SMILES string of the molecule is COc1ccc(OC)c(-c2cc(C(=O)N(CCC(=O)NCc3ccco3)Cc3ccccc3)no2)c1. The van der Waals surface area contributed by atoms with Crippen molar-refractivity contribution < 1.29 is 28.0 Å². The molecule has 0 fully saturated rings. The van der Waals surface area contributed by atoms with Gasteiger partial charge in [-0.3, -0.25) is 9.59 Å². The van der Waals surface area contributed by atoms with E-state index in [9.17, 15) is 9.59 Å². The first-order valence-electron chi connectivity index (χ1n) is 11.4. The van der Waals surface area contributed by atoms with E-state index in [1.165, 1.54) is 0 Å². The fourth-order valence-electron chi connectivity index (χ4n) is 3.65. The lowest BCUT2D eigenvalue weighted by Crippen LogP contribution is -2.35. The molecular weight excluding hydrogens is 462 g/mol. The Bertz CT molecular complexity index is 1280. The number of nitrogens with one attached hydrogen (secondary N) is 1. The van der Waals surface area contributed by atoms with E-state index < -0.39 is 0 Å². The van der Waals surface area contributed by atoms with E-state index in [4.69, 9.17) is 18.4 Å². The quantitative estimate of drug-likeness (QED) is 0.335. The second-order valence-electron chi connectivity index (χ2n) is 7.96. The topological polar surface area (TPSA) is 107 Å². The van der Waals surface area contributed by atoms with Crippen LogP contribution in [0.15, 0.2) is 81.9 Å². The summed E-state index contributed by atoms with van der Waals surface area (Å²) in [5.74, 6) is 1.64. The summed E-state index contributed by atoms with van der Waals surface area (Å²) in [6.07, 6.45) is 1.67. The molecule has 9 heteroatoms. The van der Waals surface area contributed by atoms with E-state index in [1.807, 2.05) is 30.3 Å². The zero-order valence-corrected chi connectivity index (χ0v) is 20.1. The Morgan fingerprint density at radius 1 is 1.00 bits per heavy atom. The number of aromatic nitrogens is 1. The Morgan fingerprint density at radius 2 is 1.83 bits per heavy atom. The molecule has 4 rings (SSSR count).